The van der Waals surface area contributed by atoms with Gasteiger partial charge in [0.15, 0.2) is 0 Å². The molecule has 0 saturated carbocycles. The van der Waals surface area contributed by atoms with Gasteiger partial charge in [0.2, 0.25) is 0 Å². The number of carboxylic acid groups (broad SMARTS) is 1. The summed E-state index contributed by atoms with van der Waals surface area (Å²) in [6.07, 6.45) is 0.0710. The summed E-state index contributed by atoms with van der Waals surface area (Å²) in [5.74, 6) is -0.797. The van der Waals surface area contributed by atoms with Crippen LogP contribution >= 0.6 is 15.9 Å². The van der Waals surface area contributed by atoms with Crippen molar-refractivity contribution in [1.82, 2.24) is 4.90 Å². The number of aliphatic carboxylic acids is 1. The van der Waals surface area contributed by atoms with Crippen LogP contribution in [0.2, 0.25) is 0 Å². The van der Waals surface area contributed by atoms with Crippen LogP contribution in [-0.4, -0.2) is 49.2 Å². The topological polar surface area (TPSA) is 43.8 Å². The van der Waals surface area contributed by atoms with Crippen molar-refractivity contribution in [2.75, 3.05) is 38.1 Å². The number of nitrogens with zero attached hydrogens (tertiary/aromatic N) is 2. The zero-order chi connectivity index (χ0) is 13.1. The third kappa shape index (κ3) is 3.23. The van der Waals surface area contributed by atoms with E-state index in [1.54, 1.807) is 0 Å². The highest BCUT2D eigenvalue weighted by molar-refractivity contribution is 9.10. The van der Waals surface area contributed by atoms with E-state index in [9.17, 15) is 4.79 Å². The smallest absolute Gasteiger partial charge is 0.307 e. The highest BCUT2D eigenvalue weighted by atomic mass is 79.9. The molecule has 0 radical (unpaired) electrons. The van der Waals surface area contributed by atoms with Crippen LogP contribution in [0.15, 0.2) is 22.7 Å². The average molecular weight is 313 g/mol. The van der Waals surface area contributed by atoms with Crippen LogP contribution in [0.1, 0.15) is 5.56 Å². The molecule has 0 unspecified atom stereocenters. The molecule has 0 amide bonds. The number of likely N-dealkylation sites (N-methyl/N-ethyl adjacent to an activating group) is 1. The zero-order valence-electron chi connectivity index (χ0n) is 10.4. The Bertz CT molecular complexity index is 443. The second kappa shape index (κ2) is 5.71. The van der Waals surface area contributed by atoms with E-state index in [0.29, 0.717) is 0 Å². The minimum Gasteiger partial charge on any atom is -0.481 e. The fourth-order valence-electron chi connectivity index (χ4n) is 2.14. The van der Waals surface area contributed by atoms with Crippen molar-refractivity contribution in [2.24, 2.45) is 0 Å². The molecule has 1 aliphatic rings. The van der Waals surface area contributed by atoms with Gasteiger partial charge in [-0.1, -0.05) is 6.07 Å². The van der Waals surface area contributed by atoms with E-state index in [-0.39, 0.29) is 6.42 Å². The van der Waals surface area contributed by atoms with Crippen molar-refractivity contribution in [2.45, 2.75) is 6.42 Å². The summed E-state index contributed by atoms with van der Waals surface area (Å²) >= 11 is 3.54. The number of halogens is 1. The Morgan fingerprint density at radius 3 is 2.56 bits per heavy atom. The van der Waals surface area contributed by atoms with E-state index < -0.39 is 5.97 Å². The summed E-state index contributed by atoms with van der Waals surface area (Å²) in [7, 11) is 2.13. The van der Waals surface area contributed by atoms with Crippen molar-refractivity contribution in [1.29, 1.82) is 0 Å². The van der Waals surface area contributed by atoms with Crippen LogP contribution in [0.5, 0.6) is 0 Å². The minimum atomic E-state index is -0.797. The first-order valence-corrected chi connectivity index (χ1v) is 6.79. The molecule has 5 heteroatoms. The summed E-state index contributed by atoms with van der Waals surface area (Å²) in [5.41, 5.74) is 1.98. The molecule has 1 aliphatic heterocycles. The van der Waals surface area contributed by atoms with Crippen LogP contribution in [-0.2, 0) is 11.2 Å². The van der Waals surface area contributed by atoms with Gasteiger partial charge < -0.3 is 14.9 Å². The van der Waals surface area contributed by atoms with E-state index in [0.717, 1.165) is 41.9 Å². The maximum atomic E-state index is 10.7. The number of anilines is 1. The molecular weight excluding hydrogens is 296 g/mol. The first-order valence-electron chi connectivity index (χ1n) is 6.00. The number of benzene rings is 1. The molecule has 0 atom stereocenters. The Balaban J connectivity index is 2.12. The summed E-state index contributed by atoms with van der Waals surface area (Å²) in [4.78, 5) is 15.3. The van der Waals surface area contributed by atoms with Crippen LogP contribution in [0.3, 0.4) is 0 Å². The van der Waals surface area contributed by atoms with Gasteiger partial charge in [0.1, 0.15) is 0 Å². The Morgan fingerprint density at radius 2 is 2.00 bits per heavy atom. The van der Waals surface area contributed by atoms with Gasteiger partial charge in [-0.25, -0.2) is 0 Å². The Kier molecular flexibility index (Phi) is 4.24. The Labute approximate surface area is 115 Å². The lowest BCUT2D eigenvalue weighted by molar-refractivity contribution is -0.136. The van der Waals surface area contributed by atoms with Crippen molar-refractivity contribution in [3.05, 3.63) is 28.2 Å². The Hall–Kier alpha value is -1.07. The van der Waals surface area contributed by atoms with Gasteiger partial charge in [-0.2, -0.15) is 0 Å². The maximum Gasteiger partial charge on any atom is 0.307 e. The number of carbonyl (C=O) groups is 1. The molecule has 98 valence electrons. The van der Waals surface area contributed by atoms with Gasteiger partial charge in [-0.05, 0) is 40.7 Å². The van der Waals surface area contributed by atoms with Crippen molar-refractivity contribution in [3.63, 3.8) is 0 Å². The first-order chi connectivity index (χ1) is 8.56. The van der Waals surface area contributed by atoms with Gasteiger partial charge >= 0.3 is 5.97 Å². The fourth-order valence-corrected chi connectivity index (χ4v) is 2.82. The summed E-state index contributed by atoms with van der Waals surface area (Å²) in [5, 5.41) is 8.77. The molecule has 1 saturated heterocycles. The van der Waals surface area contributed by atoms with Crippen LogP contribution < -0.4 is 4.90 Å². The quantitative estimate of drug-likeness (QED) is 0.925. The number of hydrogen-bond acceptors (Lipinski definition) is 3. The van der Waals surface area contributed by atoms with Crippen LogP contribution in [0, 0.1) is 0 Å². The van der Waals surface area contributed by atoms with Gasteiger partial charge in [-0.15, -0.1) is 0 Å². The molecule has 1 aromatic carbocycles. The van der Waals surface area contributed by atoms with E-state index in [1.165, 1.54) is 0 Å². The van der Waals surface area contributed by atoms with Crippen molar-refractivity contribution >= 4 is 27.6 Å². The van der Waals surface area contributed by atoms with Gasteiger partial charge in [0.05, 0.1) is 12.1 Å². The lowest BCUT2D eigenvalue weighted by atomic mass is 10.1. The summed E-state index contributed by atoms with van der Waals surface area (Å²) < 4.78 is 0.978. The van der Waals surface area contributed by atoms with E-state index in [2.05, 4.69) is 32.8 Å². The van der Waals surface area contributed by atoms with E-state index >= 15 is 0 Å². The monoisotopic (exact) mass is 312 g/mol. The molecule has 1 heterocycles. The normalized spacial score (nSPS) is 16.9. The predicted molar refractivity (Wildman–Crippen MR) is 75.2 cm³/mol. The summed E-state index contributed by atoms with van der Waals surface area (Å²) in [6.45, 7) is 4.13. The average Bonchev–Trinajstić information content (AvgIpc) is 2.30. The molecule has 1 aromatic rings. The maximum absolute atomic E-state index is 10.7. The number of carboxylic acids is 1. The van der Waals surface area contributed by atoms with Crippen LogP contribution in [0.25, 0.3) is 0 Å². The third-order valence-electron chi connectivity index (χ3n) is 3.21. The molecule has 1 N–H and O–H groups in total. The number of hydrogen-bond donors (Lipinski definition) is 1. The SMILES string of the molecule is CN1CCN(c2ccc(CC(=O)O)cc2Br)CC1. The largest absolute Gasteiger partial charge is 0.481 e. The molecular formula is C13H17BrN2O2. The second-order valence-corrected chi connectivity index (χ2v) is 5.50. The summed E-state index contributed by atoms with van der Waals surface area (Å²) in [6, 6.07) is 5.81. The van der Waals surface area contributed by atoms with Gasteiger partial charge in [0, 0.05) is 30.7 Å². The standard InChI is InChI=1S/C13H17BrN2O2/c1-15-4-6-16(7-5-15)12-3-2-10(8-11(12)14)9-13(17)18/h2-3,8H,4-7,9H2,1H3,(H,17,18). The number of rotatable bonds is 3. The molecule has 0 aromatic heterocycles. The van der Waals surface area contributed by atoms with E-state index in [1.807, 2.05) is 18.2 Å². The van der Waals surface area contributed by atoms with E-state index in [4.69, 9.17) is 5.11 Å². The molecule has 18 heavy (non-hydrogen) atoms. The predicted octanol–water partition coefficient (Wildman–Crippen LogP) is 1.83. The molecule has 2 rings (SSSR count). The molecule has 0 bridgehead atoms. The third-order valence-corrected chi connectivity index (χ3v) is 3.85. The molecule has 0 aliphatic carbocycles. The minimum absolute atomic E-state index is 0.0710. The Morgan fingerprint density at radius 1 is 1.33 bits per heavy atom. The zero-order valence-corrected chi connectivity index (χ0v) is 12.0. The molecule has 4 nitrogen and oxygen atoms in total. The highest BCUT2D eigenvalue weighted by Gasteiger charge is 2.16. The van der Waals surface area contributed by atoms with Crippen LogP contribution in [0.4, 0.5) is 5.69 Å². The second-order valence-electron chi connectivity index (χ2n) is 4.65. The van der Waals surface area contributed by atoms with Gasteiger partial charge in [-0.3, -0.25) is 4.79 Å². The fraction of sp³-hybridized carbons (Fsp3) is 0.462. The van der Waals surface area contributed by atoms with Crippen molar-refractivity contribution < 1.29 is 9.90 Å². The lowest BCUT2D eigenvalue weighted by Crippen LogP contribution is -2.44. The number of piperazine rings is 1. The lowest BCUT2D eigenvalue weighted by Gasteiger charge is -2.34. The molecule has 0 spiro atoms. The highest BCUT2D eigenvalue weighted by Crippen LogP contribution is 2.28. The van der Waals surface area contributed by atoms with Crippen molar-refractivity contribution in [3.8, 4) is 0 Å². The first kappa shape index (κ1) is 13.4. The van der Waals surface area contributed by atoms with Gasteiger partial charge in [0.25, 0.3) is 0 Å². The molecule has 1 fully saturated rings.